The maximum Gasteiger partial charge on any atom is 0.106 e. The maximum absolute atomic E-state index is 5.99. The second-order valence-corrected chi connectivity index (χ2v) is 6.98. The zero-order chi connectivity index (χ0) is 9.97. The second-order valence-electron chi connectivity index (χ2n) is 3.71. The van der Waals surface area contributed by atoms with Gasteiger partial charge < -0.3 is 0 Å². The van der Waals surface area contributed by atoms with Gasteiger partial charge in [-0.1, -0.05) is 29.5 Å². The summed E-state index contributed by atoms with van der Waals surface area (Å²) in [5.41, 5.74) is 3.86. The Balaban J connectivity index is 2.21. The summed E-state index contributed by atoms with van der Waals surface area (Å²) in [5.74, 6) is 0. The van der Waals surface area contributed by atoms with Crippen LogP contribution in [0.25, 0.3) is 0 Å². The molecule has 1 aromatic rings. The van der Waals surface area contributed by atoms with E-state index < -0.39 is 8.80 Å². The Kier molecular flexibility index (Phi) is 3.09. The first kappa shape index (κ1) is 10.0. The lowest BCUT2D eigenvalue weighted by atomic mass is 9.89. The van der Waals surface area contributed by atoms with E-state index in [1.807, 2.05) is 6.08 Å². The number of rotatable bonds is 4. The molecule has 1 aliphatic carbocycles. The van der Waals surface area contributed by atoms with Gasteiger partial charge in [0.15, 0.2) is 0 Å². The van der Waals surface area contributed by atoms with E-state index in [0.29, 0.717) is 0 Å². The van der Waals surface area contributed by atoms with Crippen LogP contribution in [0.15, 0.2) is 30.9 Å². The summed E-state index contributed by atoms with van der Waals surface area (Å²) >= 11 is 5.99. The van der Waals surface area contributed by atoms with Gasteiger partial charge in [-0.2, -0.15) is 0 Å². The van der Waals surface area contributed by atoms with Gasteiger partial charge >= 0.3 is 0 Å². The number of allylic oxidation sites excluding steroid dienone is 1. The van der Waals surface area contributed by atoms with Crippen LogP contribution in [-0.2, 0) is 12.8 Å². The van der Waals surface area contributed by atoms with Gasteiger partial charge in [-0.3, -0.25) is 0 Å². The van der Waals surface area contributed by atoms with Gasteiger partial charge in [0.05, 0.1) is 0 Å². The van der Waals surface area contributed by atoms with Crippen LogP contribution in [0.5, 0.6) is 0 Å². The maximum atomic E-state index is 5.99. The first-order valence-electron chi connectivity index (χ1n) is 4.99. The summed E-state index contributed by atoms with van der Waals surface area (Å²) < 4.78 is 0. The zero-order valence-electron chi connectivity index (χ0n) is 8.22. The summed E-state index contributed by atoms with van der Waals surface area (Å²) in [7, 11) is -0.570. The average Bonchev–Trinajstić information content (AvgIpc) is 2.17. The Labute approximate surface area is 92.2 Å². The van der Waals surface area contributed by atoms with Crippen LogP contribution in [0.1, 0.15) is 11.1 Å². The number of hydrogen-bond acceptors (Lipinski definition) is 0. The Hall–Kier alpha value is -0.533. The number of alkyl halides is 1. The molecule has 0 bridgehead atoms. The third-order valence-electron chi connectivity index (χ3n) is 2.83. The first-order valence-corrected chi connectivity index (χ1v) is 7.43. The van der Waals surface area contributed by atoms with Crippen LogP contribution in [0.2, 0.25) is 6.04 Å². The van der Waals surface area contributed by atoms with Crippen molar-refractivity contribution >= 4 is 25.6 Å². The lowest BCUT2D eigenvalue weighted by Crippen LogP contribution is -2.33. The zero-order valence-corrected chi connectivity index (χ0v) is 9.98. The normalized spacial score (nSPS) is 13.6. The molecule has 0 heterocycles. The topological polar surface area (TPSA) is 0 Å². The van der Waals surface area contributed by atoms with Crippen molar-refractivity contribution in [2.45, 2.75) is 18.9 Å². The Morgan fingerprint density at radius 2 is 2.14 bits per heavy atom. The molecule has 0 atom stereocenters. The van der Waals surface area contributed by atoms with Crippen molar-refractivity contribution in [2.75, 3.05) is 5.50 Å². The van der Waals surface area contributed by atoms with Gasteiger partial charge in [-0.15, -0.1) is 18.2 Å². The number of aryl methyl sites for hydroxylation is 2. The van der Waals surface area contributed by atoms with Crippen molar-refractivity contribution in [3.63, 3.8) is 0 Å². The molecule has 2 heteroatoms. The van der Waals surface area contributed by atoms with E-state index in [9.17, 15) is 0 Å². The van der Waals surface area contributed by atoms with Crippen LogP contribution in [0.3, 0.4) is 0 Å². The lowest BCUT2D eigenvalue weighted by Gasteiger charge is -2.21. The van der Waals surface area contributed by atoms with Crippen molar-refractivity contribution < 1.29 is 0 Å². The molecular weight excluding hydrogens is 208 g/mol. The SMILES string of the molecule is C=CC[Si](CCl)c1ccc2c(c1)CC2. The molecule has 0 saturated heterocycles. The average molecular weight is 222 g/mol. The fraction of sp³-hybridized carbons (Fsp3) is 0.333. The highest BCUT2D eigenvalue weighted by Gasteiger charge is 2.17. The minimum Gasteiger partial charge on any atom is -0.130 e. The highest BCUT2D eigenvalue weighted by molar-refractivity contribution is 6.79. The quantitative estimate of drug-likeness (QED) is 0.416. The van der Waals surface area contributed by atoms with Gasteiger partial charge in [0.2, 0.25) is 0 Å². The van der Waals surface area contributed by atoms with Crippen molar-refractivity contribution in [3.8, 4) is 0 Å². The number of benzene rings is 1. The molecule has 0 nitrogen and oxygen atoms in total. The molecule has 0 aliphatic heterocycles. The largest absolute Gasteiger partial charge is 0.130 e. The summed E-state index contributed by atoms with van der Waals surface area (Å²) in [6, 6.07) is 7.97. The molecule has 14 heavy (non-hydrogen) atoms. The van der Waals surface area contributed by atoms with Crippen molar-refractivity contribution in [2.24, 2.45) is 0 Å². The first-order chi connectivity index (χ1) is 6.85. The van der Waals surface area contributed by atoms with E-state index in [2.05, 4.69) is 24.8 Å². The second kappa shape index (κ2) is 4.33. The minimum absolute atomic E-state index is 0.570. The van der Waals surface area contributed by atoms with Gasteiger partial charge in [0.1, 0.15) is 8.80 Å². The third kappa shape index (κ3) is 1.79. The summed E-state index contributed by atoms with van der Waals surface area (Å²) in [6.07, 6.45) is 4.52. The van der Waals surface area contributed by atoms with Crippen molar-refractivity contribution in [1.82, 2.24) is 0 Å². The van der Waals surface area contributed by atoms with Gasteiger partial charge in [-0.25, -0.2) is 0 Å². The monoisotopic (exact) mass is 221 g/mol. The molecule has 0 spiro atoms. The molecule has 0 fully saturated rings. The van der Waals surface area contributed by atoms with E-state index in [1.54, 1.807) is 5.56 Å². The highest BCUT2D eigenvalue weighted by Crippen LogP contribution is 2.21. The Bertz CT molecular complexity index is 346. The van der Waals surface area contributed by atoms with Crippen molar-refractivity contribution in [3.05, 3.63) is 42.0 Å². The van der Waals surface area contributed by atoms with E-state index in [4.69, 9.17) is 11.6 Å². The Morgan fingerprint density at radius 1 is 1.36 bits per heavy atom. The highest BCUT2D eigenvalue weighted by atomic mass is 35.5. The molecule has 0 unspecified atom stereocenters. The van der Waals surface area contributed by atoms with Gasteiger partial charge in [-0.05, 0) is 30.0 Å². The van der Waals surface area contributed by atoms with Gasteiger partial charge in [0, 0.05) is 5.50 Å². The molecule has 0 aromatic heterocycles. The van der Waals surface area contributed by atoms with Crippen LogP contribution in [0.4, 0.5) is 0 Å². The molecule has 0 saturated carbocycles. The molecule has 0 N–H and O–H groups in total. The smallest absolute Gasteiger partial charge is 0.106 e. The molecular formula is C12H14ClSi. The van der Waals surface area contributed by atoms with E-state index in [0.717, 1.165) is 11.5 Å². The lowest BCUT2D eigenvalue weighted by molar-refractivity contribution is 0.841. The Morgan fingerprint density at radius 3 is 2.64 bits per heavy atom. The van der Waals surface area contributed by atoms with E-state index in [1.165, 1.54) is 23.6 Å². The molecule has 73 valence electrons. The summed E-state index contributed by atoms with van der Waals surface area (Å²) in [4.78, 5) is 0. The molecule has 0 amide bonds. The number of fused-ring (bicyclic) bond motifs is 1. The fourth-order valence-electron chi connectivity index (χ4n) is 1.84. The molecule has 1 aliphatic rings. The minimum atomic E-state index is -0.570. The van der Waals surface area contributed by atoms with E-state index >= 15 is 0 Å². The molecule has 1 radical (unpaired) electrons. The fourth-order valence-corrected chi connectivity index (χ4v) is 4.17. The standard InChI is InChI=1S/C12H14ClSi/c1-2-7-14(9-13)12-6-5-10-3-4-11(10)8-12/h2,5-6,8H,1,3-4,7,9H2. The molecule has 2 rings (SSSR count). The van der Waals surface area contributed by atoms with Crippen LogP contribution >= 0.6 is 11.6 Å². The van der Waals surface area contributed by atoms with Crippen molar-refractivity contribution in [1.29, 1.82) is 0 Å². The van der Waals surface area contributed by atoms with Crippen LogP contribution in [0, 0.1) is 0 Å². The molecule has 1 aromatic carbocycles. The van der Waals surface area contributed by atoms with E-state index in [-0.39, 0.29) is 0 Å². The van der Waals surface area contributed by atoms with Gasteiger partial charge in [0.25, 0.3) is 0 Å². The predicted molar refractivity (Wildman–Crippen MR) is 65.0 cm³/mol. The summed E-state index contributed by atoms with van der Waals surface area (Å²) in [5, 5.41) is 1.48. The number of halogens is 1. The van der Waals surface area contributed by atoms with Crippen LogP contribution in [-0.4, -0.2) is 14.3 Å². The third-order valence-corrected chi connectivity index (χ3v) is 6.03. The summed E-state index contributed by atoms with van der Waals surface area (Å²) in [6.45, 7) is 3.79. The van der Waals surface area contributed by atoms with Crippen LogP contribution < -0.4 is 5.19 Å². The predicted octanol–water partition coefficient (Wildman–Crippen LogP) is 2.45. The number of hydrogen-bond donors (Lipinski definition) is 0.